The highest BCUT2D eigenvalue weighted by atomic mass is 16.5. The first-order valence-corrected chi connectivity index (χ1v) is 4.19. The maximum absolute atomic E-state index is 8.52. The standard InChI is InChI=1S/C9H18O2/c1-3-6-9(11-2)7-4-5-8-10/h6,10H,3-5,7-8H2,1-2H3/b9-6+. The highest BCUT2D eigenvalue weighted by molar-refractivity contribution is 4.91. The quantitative estimate of drug-likeness (QED) is 0.474. The molecule has 2 heteroatoms. The molecular weight excluding hydrogens is 140 g/mol. The minimum atomic E-state index is 0.281. The molecule has 0 saturated heterocycles. The van der Waals surface area contributed by atoms with Crippen molar-refractivity contribution in [1.82, 2.24) is 0 Å². The van der Waals surface area contributed by atoms with Crippen LogP contribution in [0.2, 0.25) is 0 Å². The van der Waals surface area contributed by atoms with Crippen LogP contribution in [0.15, 0.2) is 11.8 Å². The van der Waals surface area contributed by atoms with E-state index in [-0.39, 0.29) is 6.61 Å². The van der Waals surface area contributed by atoms with Crippen LogP contribution in [0.1, 0.15) is 32.6 Å². The van der Waals surface area contributed by atoms with Crippen LogP contribution in [0.5, 0.6) is 0 Å². The van der Waals surface area contributed by atoms with Crippen molar-refractivity contribution in [3.05, 3.63) is 11.8 Å². The Morgan fingerprint density at radius 1 is 1.45 bits per heavy atom. The van der Waals surface area contributed by atoms with Crippen molar-refractivity contribution in [2.24, 2.45) is 0 Å². The van der Waals surface area contributed by atoms with Gasteiger partial charge >= 0.3 is 0 Å². The Balaban J connectivity index is 3.44. The number of rotatable bonds is 6. The molecule has 0 aliphatic carbocycles. The fourth-order valence-electron chi connectivity index (χ4n) is 0.926. The largest absolute Gasteiger partial charge is 0.501 e. The lowest BCUT2D eigenvalue weighted by Crippen LogP contribution is -1.89. The van der Waals surface area contributed by atoms with Crippen molar-refractivity contribution in [3.8, 4) is 0 Å². The maximum atomic E-state index is 8.52. The molecule has 2 nitrogen and oxygen atoms in total. The van der Waals surface area contributed by atoms with Crippen LogP contribution in [-0.4, -0.2) is 18.8 Å². The Morgan fingerprint density at radius 2 is 2.18 bits per heavy atom. The van der Waals surface area contributed by atoms with Crippen molar-refractivity contribution in [2.45, 2.75) is 32.6 Å². The van der Waals surface area contributed by atoms with Gasteiger partial charge in [0.05, 0.1) is 12.9 Å². The van der Waals surface area contributed by atoms with Gasteiger partial charge < -0.3 is 9.84 Å². The molecular formula is C9H18O2. The molecule has 0 bridgehead atoms. The molecule has 0 aromatic rings. The van der Waals surface area contributed by atoms with Crippen LogP contribution in [-0.2, 0) is 4.74 Å². The van der Waals surface area contributed by atoms with E-state index in [4.69, 9.17) is 9.84 Å². The van der Waals surface area contributed by atoms with Gasteiger partial charge in [0.1, 0.15) is 0 Å². The van der Waals surface area contributed by atoms with Gasteiger partial charge in [-0.15, -0.1) is 0 Å². The summed E-state index contributed by atoms with van der Waals surface area (Å²) < 4.78 is 5.12. The zero-order valence-electron chi connectivity index (χ0n) is 7.47. The number of allylic oxidation sites excluding steroid dienone is 2. The fraction of sp³-hybridized carbons (Fsp3) is 0.778. The Bertz CT molecular complexity index is 108. The van der Waals surface area contributed by atoms with Crippen LogP contribution < -0.4 is 0 Å². The second-order valence-corrected chi connectivity index (χ2v) is 2.46. The van der Waals surface area contributed by atoms with Crippen LogP contribution in [0.25, 0.3) is 0 Å². The summed E-state index contributed by atoms with van der Waals surface area (Å²) in [4.78, 5) is 0. The van der Waals surface area contributed by atoms with Gasteiger partial charge in [0.15, 0.2) is 0 Å². The first-order chi connectivity index (χ1) is 5.35. The number of ether oxygens (including phenoxy) is 1. The smallest absolute Gasteiger partial charge is 0.0915 e. The molecule has 0 amide bonds. The lowest BCUT2D eigenvalue weighted by molar-refractivity contribution is 0.257. The van der Waals surface area contributed by atoms with E-state index in [0.29, 0.717) is 0 Å². The highest BCUT2D eigenvalue weighted by Crippen LogP contribution is 2.08. The van der Waals surface area contributed by atoms with Gasteiger partial charge in [0, 0.05) is 13.0 Å². The average molecular weight is 158 g/mol. The highest BCUT2D eigenvalue weighted by Gasteiger charge is 1.94. The van der Waals surface area contributed by atoms with Gasteiger partial charge in [-0.2, -0.15) is 0 Å². The lowest BCUT2D eigenvalue weighted by atomic mass is 10.2. The predicted molar refractivity (Wildman–Crippen MR) is 46.3 cm³/mol. The van der Waals surface area contributed by atoms with Crippen LogP contribution in [0.3, 0.4) is 0 Å². The normalized spacial score (nSPS) is 11.7. The monoisotopic (exact) mass is 158 g/mol. The summed E-state index contributed by atoms with van der Waals surface area (Å²) in [6, 6.07) is 0. The minimum absolute atomic E-state index is 0.281. The molecule has 0 heterocycles. The lowest BCUT2D eigenvalue weighted by Gasteiger charge is -2.04. The maximum Gasteiger partial charge on any atom is 0.0915 e. The van der Waals surface area contributed by atoms with Gasteiger partial charge in [-0.05, 0) is 25.3 Å². The van der Waals surface area contributed by atoms with Gasteiger partial charge in [-0.25, -0.2) is 0 Å². The van der Waals surface area contributed by atoms with E-state index in [2.05, 4.69) is 13.0 Å². The third-order valence-electron chi connectivity index (χ3n) is 1.53. The number of unbranched alkanes of at least 4 members (excludes halogenated alkanes) is 1. The van der Waals surface area contributed by atoms with E-state index >= 15 is 0 Å². The van der Waals surface area contributed by atoms with E-state index in [0.717, 1.165) is 31.4 Å². The summed E-state index contributed by atoms with van der Waals surface area (Å²) in [7, 11) is 1.69. The fourth-order valence-corrected chi connectivity index (χ4v) is 0.926. The second-order valence-electron chi connectivity index (χ2n) is 2.46. The van der Waals surface area contributed by atoms with Crippen molar-refractivity contribution >= 4 is 0 Å². The van der Waals surface area contributed by atoms with E-state index in [9.17, 15) is 0 Å². The van der Waals surface area contributed by atoms with Gasteiger partial charge in [-0.1, -0.05) is 6.92 Å². The summed E-state index contributed by atoms with van der Waals surface area (Å²) >= 11 is 0. The van der Waals surface area contributed by atoms with Crippen molar-refractivity contribution < 1.29 is 9.84 Å². The summed E-state index contributed by atoms with van der Waals surface area (Å²) in [5.41, 5.74) is 0. The van der Waals surface area contributed by atoms with Crippen molar-refractivity contribution in [2.75, 3.05) is 13.7 Å². The molecule has 0 aliphatic heterocycles. The number of hydrogen-bond acceptors (Lipinski definition) is 2. The second kappa shape index (κ2) is 7.61. The molecule has 0 unspecified atom stereocenters. The number of hydrogen-bond donors (Lipinski definition) is 1. The topological polar surface area (TPSA) is 29.5 Å². The Kier molecular flexibility index (Phi) is 7.26. The van der Waals surface area contributed by atoms with E-state index in [1.807, 2.05) is 0 Å². The molecule has 66 valence electrons. The molecule has 0 rings (SSSR count). The van der Waals surface area contributed by atoms with Crippen LogP contribution in [0, 0.1) is 0 Å². The summed E-state index contributed by atoms with van der Waals surface area (Å²) in [6.07, 6.45) is 5.92. The van der Waals surface area contributed by atoms with Crippen molar-refractivity contribution in [3.63, 3.8) is 0 Å². The predicted octanol–water partition coefficient (Wildman–Crippen LogP) is 2.09. The average Bonchev–Trinajstić information content (AvgIpc) is 2.03. The third kappa shape index (κ3) is 5.92. The summed E-state index contributed by atoms with van der Waals surface area (Å²) in [5.74, 6) is 1.04. The molecule has 0 atom stereocenters. The third-order valence-corrected chi connectivity index (χ3v) is 1.53. The van der Waals surface area contributed by atoms with E-state index < -0.39 is 0 Å². The Morgan fingerprint density at radius 3 is 2.64 bits per heavy atom. The number of aliphatic hydroxyl groups is 1. The number of methoxy groups -OCH3 is 1. The number of aliphatic hydroxyl groups excluding tert-OH is 1. The Hall–Kier alpha value is -0.500. The summed E-state index contributed by atoms with van der Waals surface area (Å²) in [5, 5.41) is 8.52. The van der Waals surface area contributed by atoms with E-state index in [1.165, 1.54) is 0 Å². The first kappa shape index (κ1) is 10.5. The van der Waals surface area contributed by atoms with E-state index in [1.54, 1.807) is 7.11 Å². The zero-order valence-corrected chi connectivity index (χ0v) is 7.47. The van der Waals surface area contributed by atoms with Gasteiger partial charge in [-0.3, -0.25) is 0 Å². The zero-order chi connectivity index (χ0) is 8.53. The molecule has 0 radical (unpaired) electrons. The molecule has 0 spiro atoms. The van der Waals surface area contributed by atoms with Crippen molar-refractivity contribution in [1.29, 1.82) is 0 Å². The van der Waals surface area contributed by atoms with Crippen LogP contribution >= 0.6 is 0 Å². The first-order valence-electron chi connectivity index (χ1n) is 4.19. The molecule has 0 saturated carbocycles. The Labute approximate surface area is 68.9 Å². The van der Waals surface area contributed by atoms with Crippen LogP contribution in [0.4, 0.5) is 0 Å². The molecule has 0 aliphatic rings. The van der Waals surface area contributed by atoms with Gasteiger partial charge in [0.25, 0.3) is 0 Å². The van der Waals surface area contributed by atoms with Gasteiger partial charge in [0.2, 0.25) is 0 Å². The SMILES string of the molecule is CC/C=C(\CCCCO)OC. The molecule has 0 aromatic heterocycles. The molecule has 1 N–H and O–H groups in total. The molecule has 0 aromatic carbocycles. The molecule has 0 fully saturated rings. The molecule has 11 heavy (non-hydrogen) atoms. The summed E-state index contributed by atoms with van der Waals surface area (Å²) in [6.45, 7) is 2.37. The minimum Gasteiger partial charge on any atom is -0.501 e.